The lowest BCUT2D eigenvalue weighted by atomic mass is 9.98. The van der Waals surface area contributed by atoms with Gasteiger partial charge in [0.1, 0.15) is 31.6 Å². The van der Waals surface area contributed by atoms with Gasteiger partial charge in [-0.25, -0.2) is 9.59 Å². The SMILES string of the molecule is C=CCCC(NC(=O)OCC1c2ccccc2-c2ccccc21)C(=O)OCC(Cc1ccc(OCc2ccccc2)cc1)NC(=O)C(CC=C)CC(=O)NCCOCCO. The summed E-state index contributed by atoms with van der Waals surface area (Å²) in [5.74, 6) is -1.69. The van der Waals surface area contributed by atoms with Crippen molar-refractivity contribution < 1.29 is 43.2 Å². The first-order chi connectivity index (χ1) is 29.3. The first kappa shape index (κ1) is 44.9. The van der Waals surface area contributed by atoms with Crippen molar-refractivity contribution >= 4 is 23.9 Å². The van der Waals surface area contributed by atoms with Gasteiger partial charge in [0.25, 0.3) is 0 Å². The number of allylic oxidation sites excluding steroid dienone is 2. The molecule has 0 heterocycles. The minimum Gasteiger partial charge on any atom is -0.489 e. The predicted molar refractivity (Wildman–Crippen MR) is 229 cm³/mol. The van der Waals surface area contributed by atoms with Gasteiger partial charge in [0.2, 0.25) is 11.8 Å². The number of alkyl carbamates (subject to hydrolysis) is 1. The highest BCUT2D eigenvalue weighted by Crippen LogP contribution is 2.44. The van der Waals surface area contributed by atoms with Crippen molar-refractivity contribution in [2.45, 2.75) is 56.7 Å². The molecule has 12 heteroatoms. The number of hydrogen-bond acceptors (Lipinski definition) is 9. The highest BCUT2D eigenvalue weighted by Gasteiger charge is 2.31. The van der Waals surface area contributed by atoms with Crippen LogP contribution in [0.5, 0.6) is 5.75 Å². The fourth-order valence-corrected chi connectivity index (χ4v) is 7.03. The van der Waals surface area contributed by atoms with Crippen LogP contribution < -0.4 is 20.7 Å². The Morgan fingerprint density at radius 1 is 0.767 bits per heavy atom. The standard InChI is InChI=1S/C48H55N3O9/c1-3-5-20-44(51-48(56)60-33-43-41-18-11-9-16-39(41)40-17-10-12-19-42(40)43)47(55)59-32-37(29-34-21-23-38(24-22-34)58-31-35-14-7-6-8-15-35)50-46(54)36(13-4-2)30-45(53)49-25-27-57-28-26-52/h3-4,6-12,14-19,21-24,36-37,43-44,52H,1-2,5,13,20,25-33H2,(H,49,53)(H,50,54)(H,51,56). The van der Waals surface area contributed by atoms with Gasteiger partial charge in [-0.05, 0) is 71.2 Å². The summed E-state index contributed by atoms with van der Waals surface area (Å²) in [5, 5.41) is 17.3. The van der Waals surface area contributed by atoms with Gasteiger partial charge in [0.15, 0.2) is 0 Å². The van der Waals surface area contributed by atoms with Crippen LogP contribution in [0, 0.1) is 5.92 Å². The highest BCUT2D eigenvalue weighted by atomic mass is 16.6. The lowest BCUT2D eigenvalue weighted by Crippen LogP contribution is -2.47. The van der Waals surface area contributed by atoms with Crippen molar-refractivity contribution in [1.82, 2.24) is 16.0 Å². The molecule has 4 aromatic rings. The Balaban J connectivity index is 1.23. The minimum atomic E-state index is -1.05. The third-order valence-electron chi connectivity index (χ3n) is 10.1. The summed E-state index contributed by atoms with van der Waals surface area (Å²) in [6.07, 6.45) is 3.51. The van der Waals surface area contributed by atoms with Gasteiger partial charge in [-0.15, -0.1) is 13.2 Å². The number of ether oxygens (including phenoxy) is 4. The molecular weight excluding hydrogens is 763 g/mol. The Hall–Kier alpha value is -6.24. The van der Waals surface area contributed by atoms with Crippen LogP contribution in [0.4, 0.5) is 4.79 Å². The quantitative estimate of drug-likeness (QED) is 0.0336. The van der Waals surface area contributed by atoms with E-state index in [9.17, 15) is 19.2 Å². The molecule has 0 saturated carbocycles. The zero-order valence-corrected chi connectivity index (χ0v) is 33.9. The van der Waals surface area contributed by atoms with Crippen LogP contribution in [0.2, 0.25) is 0 Å². The van der Waals surface area contributed by atoms with Crippen molar-refractivity contribution in [3.8, 4) is 16.9 Å². The van der Waals surface area contributed by atoms with E-state index in [1.165, 1.54) is 0 Å². The Labute approximate surface area is 352 Å². The van der Waals surface area contributed by atoms with Gasteiger partial charge in [0.05, 0.1) is 31.8 Å². The second-order valence-electron chi connectivity index (χ2n) is 14.5. The Bertz CT molecular complexity index is 1980. The molecule has 12 nitrogen and oxygen atoms in total. The van der Waals surface area contributed by atoms with E-state index >= 15 is 0 Å². The van der Waals surface area contributed by atoms with E-state index in [1.54, 1.807) is 12.2 Å². The molecule has 0 spiro atoms. The fraction of sp³-hybridized carbons (Fsp3) is 0.333. The predicted octanol–water partition coefficient (Wildman–Crippen LogP) is 6.42. The number of rotatable bonds is 25. The highest BCUT2D eigenvalue weighted by molar-refractivity contribution is 5.86. The average molecular weight is 818 g/mol. The molecule has 0 bridgehead atoms. The summed E-state index contributed by atoms with van der Waals surface area (Å²) in [6, 6.07) is 31.5. The van der Waals surface area contributed by atoms with Crippen LogP contribution in [0.3, 0.4) is 0 Å². The smallest absolute Gasteiger partial charge is 0.407 e. The molecule has 316 valence electrons. The molecule has 0 fully saturated rings. The molecule has 3 unspecified atom stereocenters. The summed E-state index contributed by atoms with van der Waals surface area (Å²) in [4.78, 5) is 53.3. The van der Waals surface area contributed by atoms with Crippen LogP contribution in [0.1, 0.15) is 53.9 Å². The Morgan fingerprint density at radius 3 is 2.12 bits per heavy atom. The number of carbonyl (C=O) groups is 4. The van der Waals surface area contributed by atoms with E-state index < -0.39 is 36.0 Å². The number of esters is 1. The molecule has 0 aliphatic heterocycles. The molecule has 0 saturated heterocycles. The number of hydrogen-bond donors (Lipinski definition) is 4. The van der Waals surface area contributed by atoms with Crippen molar-refractivity contribution in [3.05, 3.63) is 151 Å². The van der Waals surface area contributed by atoms with Crippen LogP contribution in [0.25, 0.3) is 11.1 Å². The number of aliphatic hydroxyl groups is 1. The van der Waals surface area contributed by atoms with Crippen molar-refractivity contribution in [2.24, 2.45) is 5.92 Å². The van der Waals surface area contributed by atoms with Crippen molar-refractivity contribution in [1.29, 1.82) is 0 Å². The number of fused-ring (bicyclic) bond motifs is 3. The van der Waals surface area contributed by atoms with Crippen LogP contribution in [-0.2, 0) is 41.6 Å². The molecule has 1 aliphatic rings. The van der Waals surface area contributed by atoms with Gasteiger partial charge < -0.3 is 40.0 Å². The monoisotopic (exact) mass is 817 g/mol. The molecule has 0 radical (unpaired) electrons. The summed E-state index contributed by atoms with van der Waals surface area (Å²) in [7, 11) is 0. The average Bonchev–Trinajstić information content (AvgIpc) is 3.59. The number of amides is 3. The second-order valence-corrected chi connectivity index (χ2v) is 14.5. The zero-order valence-electron chi connectivity index (χ0n) is 33.9. The maximum atomic E-state index is 13.7. The number of benzene rings is 4. The second kappa shape index (κ2) is 24.0. The summed E-state index contributed by atoms with van der Waals surface area (Å²) < 4.78 is 22.7. The summed E-state index contributed by atoms with van der Waals surface area (Å²) in [5.41, 5.74) is 6.20. The molecule has 5 rings (SSSR count). The molecule has 3 amide bonds. The maximum absolute atomic E-state index is 13.7. The Kier molecular flexibility index (Phi) is 17.9. The van der Waals surface area contributed by atoms with Gasteiger partial charge in [-0.3, -0.25) is 9.59 Å². The molecular formula is C48H55N3O9. The third-order valence-corrected chi connectivity index (χ3v) is 10.1. The topological polar surface area (TPSA) is 162 Å². The fourth-order valence-electron chi connectivity index (χ4n) is 7.03. The Morgan fingerprint density at radius 2 is 1.45 bits per heavy atom. The third kappa shape index (κ3) is 13.7. The maximum Gasteiger partial charge on any atom is 0.407 e. The van der Waals surface area contributed by atoms with E-state index in [2.05, 4.69) is 41.2 Å². The molecule has 60 heavy (non-hydrogen) atoms. The first-order valence-corrected chi connectivity index (χ1v) is 20.3. The van der Waals surface area contributed by atoms with Gasteiger partial charge in [-0.2, -0.15) is 0 Å². The molecule has 0 aromatic heterocycles. The number of nitrogens with one attached hydrogen (secondary N) is 3. The van der Waals surface area contributed by atoms with Gasteiger partial charge in [-0.1, -0.05) is 103 Å². The van der Waals surface area contributed by atoms with Crippen LogP contribution in [-0.4, -0.2) is 80.6 Å². The summed E-state index contributed by atoms with van der Waals surface area (Å²) in [6.45, 7) is 8.28. The normalized spacial score (nSPS) is 13.1. The van der Waals surface area contributed by atoms with E-state index in [4.69, 9.17) is 24.1 Å². The largest absolute Gasteiger partial charge is 0.489 e. The van der Waals surface area contributed by atoms with Crippen LogP contribution in [0.15, 0.2) is 128 Å². The minimum absolute atomic E-state index is 0.0780. The molecule has 4 aromatic carbocycles. The molecule has 3 atom stereocenters. The molecule has 4 N–H and O–H groups in total. The number of aliphatic hydroxyl groups excluding tert-OH is 1. The van der Waals surface area contributed by atoms with Crippen LogP contribution >= 0.6 is 0 Å². The lowest BCUT2D eigenvalue weighted by Gasteiger charge is -2.24. The van der Waals surface area contributed by atoms with Gasteiger partial charge >= 0.3 is 12.1 Å². The zero-order chi connectivity index (χ0) is 42.5. The van der Waals surface area contributed by atoms with E-state index in [1.807, 2.05) is 91.0 Å². The van der Waals surface area contributed by atoms with E-state index in [0.717, 1.165) is 33.4 Å². The summed E-state index contributed by atoms with van der Waals surface area (Å²) >= 11 is 0. The number of carbonyl (C=O) groups excluding carboxylic acids is 4. The first-order valence-electron chi connectivity index (χ1n) is 20.3. The van der Waals surface area contributed by atoms with E-state index in [-0.39, 0.29) is 77.1 Å². The van der Waals surface area contributed by atoms with Crippen molar-refractivity contribution in [2.75, 3.05) is 39.6 Å². The van der Waals surface area contributed by atoms with Gasteiger partial charge in [0, 0.05) is 18.9 Å². The van der Waals surface area contributed by atoms with Crippen molar-refractivity contribution in [3.63, 3.8) is 0 Å². The van der Waals surface area contributed by atoms with E-state index in [0.29, 0.717) is 18.8 Å². The lowest BCUT2D eigenvalue weighted by molar-refractivity contribution is -0.147. The molecule has 1 aliphatic carbocycles.